The minimum atomic E-state index is -3.52. The standard InChI is InChI=1S/C23H25N3O4S/c1-3-25(4-2)31(28,29)19-13-11-17(12-14-19)24-22-20-9-5-6-10-21(20)23(27)26(22)16-18-8-7-15-30-18/h5-15,22,24H,3-4,16H2,1-2H3/t22-/m1/s1. The molecule has 0 aliphatic carbocycles. The molecule has 0 unspecified atom stereocenters. The highest BCUT2D eigenvalue weighted by molar-refractivity contribution is 7.89. The van der Waals surface area contributed by atoms with Gasteiger partial charge >= 0.3 is 0 Å². The van der Waals surface area contributed by atoms with E-state index < -0.39 is 10.0 Å². The number of hydrogen-bond donors (Lipinski definition) is 1. The molecule has 1 amide bonds. The third-order valence-electron chi connectivity index (χ3n) is 5.47. The van der Waals surface area contributed by atoms with Gasteiger partial charge in [-0.1, -0.05) is 32.0 Å². The van der Waals surface area contributed by atoms with E-state index in [0.717, 1.165) is 11.3 Å². The number of hydrogen-bond acceptors (Lipinski definition) is 5. The fourth-order valence-corrected chi connectivity index (χ4v) is 5.31. The quantitative estimate of drug-likeness (QED) is 0.572. The Labute approximate surface area is 182 Å². The van der Waals surface area contributed by atoms with Gasteiger partial charge < -0.3 is 14.6 Å². The fourth-order valence-electron chi connectivity index (χ4n) is 3.85. The molecule has 0 radical (unpaired) electrons. The maximum atomic E-state index is 13.0. The van der Waals surface area contributed by atoms with Crippen LogP contribution >= 0.6 is 0 Å². The number of amides is 1. The number of rotatable bonds is 8. The van der Waals surface area contributed by atoms with Crippen LogP contribution in [-0.2, 0) is 16.6 Å². The molecule has 1 atom stereocenters. The monoisotopic (exact) mass is 439 g/mol. The zero-order chi connectivity index (χ0) is 22.0. The van der Waals surface area contributed by atoms with Crippen LogP contribution in [0.15, 0.2) is 76.2 Å². The van der Waals surface area contributed by atoms with Crippen molar-refractivity contribution in [1.29, 1.82) is 0 Å². The molecule has 4 rings (SSSR count). The average molecular weight is 440 g/mol. The molecule has 31 heavy (non-hydrogen) atoms. The van der Waals surface area contributed by atoms with Gasteiger partial charge in [-0.2, -0.15) is 4.31 Å². The molecule has 1 N–H and O–H groups in total. The smallest absolute Gasteiger partial charge is 0.256 e. The van der Waals surface area contributed by atoms with Crippen LogP contribution in [0.4, 0.5) is 5.69 Å². The molecule has 7 nitrogen and oxygen atoms in total. The Kier molecular flexibility index (Phi) is 5.84. The molecule has 1 aliphatic rings. The summed E-state index contributed by atoms with van der Waals surface area (Å²) in [6.07, 6.45) is 1.19. The van der Waals surface area contributed by atoms with E-state index in [4.69, 9.17) is 4.42 Å². The van der Waals surface area contributed by atoms with Gasteiger partial charge in [-0.25, -0.2) is 8.42 Å². The van der Waals surface area contributed by atoms with Gasteiger partial charge in [0, 0.05) is 29.9 Å². The predicted molar refractivity (Wildman–Crippen MR) is 118 cm³/mol. The highest BCUT2D eigenvalue weighted by Crippen LogP contribution is 2.35. The highest BCUT2D eigenvalue weighted by atomic mass is 32.2. The molecule has 0 spiro atoms. The van der Waals surface area contributed by atoms with Gasteiger partial charge in [-0.3, -0.25) is 4.79 Å². The van der Waals surface area contributed by atoms with E-state index in [0.29, 0.717) is 31.0 Å². The van der Waals surface area contributed by atoms with Crippen molar-refractivity contribution in [2.45, 2.75) is 31.5 Å². The summed E-state index contributed by atoms with van der Waals surface area (Å²) < 4.78 is 32.3. The Bertz CT molecular complexity index is 1150. The van der Waals surface area contributed by atoms with Gasteiger partial charge in [0.2, 0.25) is 10.0 Å². The van der Waals surface area contributed by atoms with Crippen molar-refractivity contribution in [1.82, 2.24) is 9.21 Å². The molecule has 0 saturated carbocycles. The Hall–Kier alpha value is -3.10. The average Bonchev–Trinajstić information content (AvgIpc) is 3.38. The first-order valence-corrected chi connectivity index (χ1v) is 11.7. The van der Waals surface area contributed by atoms with Crippen molar-refractivity contribution in [3.05, 3.63) is 83.8 Å². The maximum absolute atomic E-state index is 13.0. The summed E-state index contributed by atoms with van der Waals surface area (Å²) in [5.74, 6) is 0.610. The van der Waals surface area contributed by atoms with Crippen molar-refractivity contribution >= 4 is 21.6 Å². The largest absolute Gasteiger partial charge is 0.467 e. The first kappa shape index (κ1) is 21.1. The number of furan rings is 1. The number of carbonyl (C=O) groups is 1. The van der Waals surface area contributed by atoms with Crippen molar-refractivity contribution in [3.8, 4) is 0 Å². The molecule has 0 saturated heterocycles. The summed E-state index contributed by atoms with van der Waals surface area (Å²) in [5, 5.41) is 3.38. The van der Waals surface area contributed by atoms with E-state index in [1.165, 1.54) is 4.31 Å². The van der Waals surface area contributed by atoms with Crippen molar-refractivity contribution in [3.63, 3.8) is 0 Å². The van der Waals surface area contributed by atoms with Crippen LogP contribution in [0, 0.1) is 0 Å². The van der Waals surface area contributed by atoms with Crippen molar-refractivity contribution in [2.24, 2.45) is 0 Å². The number of benzene rings is 2. The molecular formula is C23H25N3O4S. The van der Waals surface area contributed by atoms with E-state index in [1.54, 1.807) is 41.5 Å². The van der Waals surface area contributed by atoms with Gasteiger partial charge in [-0.05, 0) is 42.5 Å². The van der Waals surface area contributed by atoms with Crippen LogP contribution in [0.1, 0.15) is 41.7 Å². The number of carbonyl (C=O) groups excluding carboxylic acids is 1. The normalized spacial score (nSPS) is 16.0. The van der Waals surface area contributed by atoms with Crippen LogP contribution in [0.5, 0.6) is 0 Å². The van der Waals surface area contributed by atoms with Crippen LogP contribution in [-0.4, -0.2) is 36.6 Å². The fraction of sp³-hybridized carbons (Fsp3) is 0.261. The molecule has 0 bridgehead atoms. The first-order chi connectivity index (χ1) is 15.0. The molecule has 1 aromatic heterocycles. The molecule has 0 fully saturated rings. The van der Waals surface area contributed by atoms with Crippen molar-refractivity contribution in [2.75, 3.05) is 18.4 Å². The summed E-state index contributed by atoms with van der Waals surface area (Å²) in [4.78, 5) is 15.0. The van der Waals surface area contributed by atoms with E-state index >= 15 is 0 Å². The third-order valence-corrected chi connectivity index (χ3v) is 7.53. The summed E-state index contributed by atoms with van der Waals surface area (Å²) >= 11 is 0. The van der Waals surface area contributed by atoms with Gasteiger partial charge in [0.1, 0.15) is 11.9 Å². The van der Waals surface area contributed by atoms with E-state index in [2.05, 4.69) is 5.32 Å². The number of nitrogens with zero attached hydrogens (tertiary/aromatic N) is 2. The number of fused-ring (bicyclic) bond motifs is 1. The first-order valence-electron chi connectivity index (χ1n) is 10.2. The second-order valence-corrected chi connectivity index (χ2v) is 9.20. The Morgan fingerprint density at radius 3 is 2.35 bits per heavy atom. The lowest BCUT2D eigenvalue weighted by Gasteiger charge is -2.26. The van der Waals surface area contributed by atoms with Crippen LogP contribution in [0.3, 0.4) is 0 Å². The van der Waals surface area contributed by atoms with Gasteiger partial charge in [0.05, 0.1) is 17.7 Å². The minimum Gasteiger partial charge on any atom is -0.467 e. The van der Waals surface area contributed by atoms with Crippen LogP contribution in [0.2, 0.25) is 0 Å². The lowest BCUT2D eigenvalue weighted by molar-refractivity contribution is 0.0715. The lowest BCUT2D eigenvalue weighted by atomic mass is 10.1. The zero-order valence-electron chi connectivity index (χ0n) is 17.5. The van der Waals surface area contributed by atoms with Gasteiger partial charge in [0.15, 0.2) is 0 Å². The van der Waals surface area contributed by atoms with E-state index in [-0.39, 0.29) is 17.0 Å². The third kappa shape index (κ3) is 3.96. The molecular weight excluding hydrogens is 414 g/mol. The van der Waals surface area contributed by atoms with Crippen molar-refractivity contribution < 1.29 is 17.6 Å². The Balaban J connectivity index is 1.61. The number of anilines is 1. The second-order valence-electron chi connectivity index (χ2n) is 7.26. The Morgan fingerprint density at radius 1 is 1.00 bits per heavy atom. The number of nitrogens with one attached hydrogen (secondary N) is 1. The minimum absolute atomic E-state index is 0.0785. The van der Waals surface area contributed by atoms with E-state index in [9.17, 15) is 13.2 Å². The van der Waals surface area contributed by atoms with Crippen LogP contribution in [0.25, 0.3) is 0 Å². The van der Waals surface area contributed by atoms with Gasteiger partial charge in [-0.15, -0.1) is 0 Å². The number of sulfonamides is 1. The lowest BCUT2D eigenvalue weighted by Crippen LogP contribution is -2.32. The molecule has 2 heterocycles. The summed E-state index contributed by atoms with van der Waals surface area (Å²) in [7, 11) is -3.52. The van der Waals surface area contributed by atoms with Crippen LogP contribution < -0.4 is 5.32 Å². The summed E-state index contributed by atoms with van der Waals surface area (Å²) in [6.45, 7) is 4.80. The highest BCUT2D eigenvalue weighted by Gasteiger charge is 2.37. The van der Waals surface area contributed by atoms with E-state index in [1.807, 2.05) is 44.2 Å². The molecule has 8 heteroatoms. The maximum Gasteiger partial charge on any atom is 0.256 e. The molecule has 1 aliphatic heterocycles. The topological polar surface area (TPSA) is 82.9 Å². The summed E-state index contributed by atoms with van der Waals surface area (Å²) in [5.41, 5.74) is 2.24. The molecule has 3 aromatic rings. The SMILES string of the molecule is CCN(CC)S(=O)(=O)c1ccc(N[C@H]2c3ccccc3C(=O)N2Cc2ccco2)cc1. The molecule has 2 aromatic carbocycles. The van der Waals surface area contributed by atoms with Gasteiger partial charge in [0.25, 0.3) is 5.91 Å². The second kappa shape index (κ2) is 8.56. The summed E-state index contributed by atoms with van der Waals surface area (Å²) in [6, 6.07) is 17.7. The Morgan fingerprint density at radius 2 is 1.71 bits per heavy atom. The zero-order valence-corrected chi connectivity index (χ0v) is 18.3. The predicted octanol–water partition coefficient (Wildman–Crippen LogP) is 4.08. The molecule has 162 valence electrons.